The van der Waals surface area contributed by atoms with E-state index >= 15 is 0 Å². The van der Waals surface area contributed by atoms with Crippen molar-refractivity contribution in [2.75, 3.05) is 139 Å². The first kappa shape index (κ1) is 55.5. The minimum absolute atomic E-state index is 0.0289. The van der Waals surface area contributed by atoms with E-state index in [4.69, 9.17) is 56.8 Å². The Bertz CT molecular complexity index is 1240. The van der Waals surface area contributed by atoms with E-state index in [1.165, 1.54) is 6.92 Å². The standard InChI is InChI=1S/C42H73N3O16/c1-35(40(48)61-42(2,3)4)44-39(47)37(45-41(49)60-33-36-11-7-6-8-12-36)13-9-10-14-43-38(46)34-59-32-31-58-30-29-57-28-27-56-26-25-55-24-23-54-22-21-53-20-19-52-18-17-51-16-15-50-5/h6-8,11-12,35,37H,9-10,13-34H2,1-5H3,(H,43,46)(H,44,47)(H,45,49)/t35-,37-/m0/s1. The van der Waals surface area contributed by atoms with Gasteiger partial charge in [0.15, 0.2) is 0 Å². The molecule has 0 bridgehead atoms. The summed E-state index contributed by atoms with van der Waals surface area (Å²) in [6, 6.07) is 7.21. The topological polar surface area (TPSA) is 215 Å². The molecule has 19 heteroatoms. The van der Waals surface area contributed by atoms with Gasteiger partial charge < -0.3 is 72.8 Å². The van der Waals surface area contributed by atoms with Gasteiger partial charge in [-0.2, -0.15) is 0 Å². The van der Waals surface area contributed by atoms with E-state index in [2.05, 4.69) is 16.0 Å². The normalized spacial score (nSPS) is 12.4. The van der Waals surface area contributed by atoms with Crippen LogP contribution >= 0.6 is 0 Å². The second-order valence-electron chi connectivity index (χ2n) is 14.3. The molecule has 0 heterocycles. The third-order valence-corrected chi connectivity index (χ3v) is 7.82. The Balaban J connectivity index is 2.01. The van der Waals surface area contributed by atoms with Crippen LogP contribution in [-0.4, -0.2) is 181 Å². The summed E-state index contributed by atoms with van der Waals surface area (Å²) in [5.41, 5.74) is 0.0659. The van der Waals surface area contributed by atoms with Crippen molar-refractivity contribution in [3.63, 3.8) is 0 Å². The Morgan fingerprint density at radius 2 is 1.03 bits per heavy atom. The zero-order valence-corrected chi connectivity index (χ0v) is 37.0. The Morgan fingerprint density at radius 1 is 0.590 bits per heavy atom. The monoisotopic (exact) mass is 875 g/mol. The number of ether oxygens (including phenoxy) is 12. The first-order valence-electron chi connectivity index (χ1n) is 21.0. The molecule has 1 aromatic carbocycles. The number of esters is 1. The lowest BCUT2D eigenvalue weighted by Crippen LogP contribution is -2.51. The highest BCUT2D eigenvalue weighted by molar-refractivity contribution is 5.89. The van der Waals surface area contributed by atoms with Gasteiger partial charge >= 0.3 is 12.1 Å². The van der Waals surface area contributed by atoms with E-state index in [9.17, 15) is 19.2 Å². The highest BCUT2D eigenvalue weighted by Gasteiger charge is 2.27. The average molecular weight is 876 g/mol. The van der Waals surface area contributed by atoms with E-state index in [1.54, 1.807) is 27.9 Å². The number of unbranched alkanes of at least 4 members (excludes halogenated alkanes) is 1. The number of hydrogen-bond donors (Lipinski definition) is 3. The lowest BCUT2D eigenvalue weighted by molar-refractivity contribution is -0.158. The molecule has 0 saturated carbocycles. The largest absolute Gasteiger partial charge is 0.458 e. The molecule has 0 saturated heterocycles. The predicted octanol–water partition coefficient (Wildman–Crippen LogP) is 2.21. The molecular weight excluding hydrogens is 802 g/mol. The Labute approximate surface area is 361 Å². The van der Waals surface area contributed by atoms with Crippen LogP contribution in [0.3, 0.4) is 0 Å². The summed E-state index contributed by atoms with van der Waals surface area (Å²) in [4.78, 5) is 50.3. The van der Waals surface area contributed by atoms with Crippen LogP contribution in [-0.2, 0) is 77.8 Å². The van der Waals surface area contributed by atoms with Crippen LogP contribution in [0.15, 0.2) is 30.3 Å². The van der Waals surface area contributed by atoms with Gasteiger partial charge in [-0.05, 0) is 52.5 Å². The third-order valence-electron chi connectivity index (χ3n) is 7.82. The summed E-state index contributed by atoms with van der Waals surface area (Å²) in [6.45, 7) is 15.2. The van der Waals surface area contributed by atoms with Crippen molar-refractivity contribution < 1.29 is 76.0 Å². The van der Waals surface area contributed by atoms with Crippen LogP contribution in [0.1, 0.15) is 52.5 Å². The molecule has 1 rings (SSSR count). The van der Waals surface area contributed by atoms with E-state index in [1.807, 2.05) is 30.3 Å². The highest BCUT2D eigenvalue weighted by atomic mass is 16.6. The van der Waals surface area contributed by atoms with Gasteiger partial charge in [0.05, 0.1) is 119 Å². The molecular formula is C42H73N3O16. The van der Waals surface area contributed by atoms with Crippen LogP contribution in [0.25, 0.3) is 0 Å². The van der Waals surface area contributed by atoms with Crippen molar-refractivity contribution in [2.24, 2.45) is 0 Å². The van der Waals surface area contributed by atoms with E-state index < -0.39 is 35.7 Å². The average Bonchev–Trinajstić information content (AvgIpc) is 3.23. The van der Waals surface area contributed by atoms with Crippen LogP contribution in [0.4, 0.5) is 4.79 Å². The van der Waals surface area contributed by atoms with Crippen molar-refractivity contribution in [3.8, 4) is 0 Å². The molecule has 0 radical (unpaired) electrons. The van der Waals surface area contributed by atoms with Gasteiger partial charge in [0.1, 0.15) is 30.9 Å². The Kier molecular flexibility index (Phi) is 34.8. The smallest absolute Gasteiger partial charge is 0.408 e. The van der Waals surface area contributed by atoms with E-state index in [0.717, 1.165) is 5.56 Å². The van der Waals surface area contributed by atoms with Gasteiger partial charge in [0, 0.05) is 13.7 Å². The number of carbonyl (C=O) groups excluding carboxylic acids is 4. The molecule has 0 aliphatic rings. The predicted molar refractivity (Wildman–Crippen MR) is 223 cm³/mol. The minimum Gasteiger partial charge on any atom is -0.458 e. The zero-order valence-electron chi connectivity index (χ0n) is 37.0. The maximum absolute atomic E-state index is 13.1. The molecule has 0 aromatic heterocycles. The van der Waals surface area contributed by atoms with Crippen molar-refractivity contribution in [3.05, 3.63) is 35.9 Å². The van der Waals surface area contributed by atoms with E-state index in [-0.39, 0.29) is 32.1 Å². The number of alkyl carbamates (subject to hydrolysis) is 1. The van der Waals surface area contributed by atoms with Gasteiger partial charge in [0.25, 0.3) is 0 Å². The quantitative estimate of drug-likeness (QED) is 0.0637. The lowest BCUT2D eigenvalue weighted by Gasteiger charge is -2.24. The molecule has 0 spiro atoms. The number of carbonyl (C=O) groups is 4. The third kappa shape index (κ3) is 35.8. The number of rotatable bonds is 40. The molecule has 61 heavy (non-hydrogen) atoms. The second-order valence-corrected chi connectivity index (χ2v) is 14.3. The van der Waals surface area contributed by atoms with Gasteiger partial charge in [-0.3, -0.25) is 9.59 Å². The summed E-state index contributed by atoms with van der Waals surface area (Å²) in [5, 5.41) is 7.97. The van der Waals surface area contributed by atoms with Crippen molar-refractivity contribution in [2.45, 2.75) is 71.2 Å². The molecule has 0 aliphatic carbocycles. The molecule has 2 atom stereocenters. The fraction of sp³-hybridized carbons (Fsp3) is 0.762. The first-order valence-corrected chi connectivity index (χ1v) is 21.0. The second kappa shape index (κ2) is 38.2. The number of nitrogens with one attached hydrogen (secondary N) is 3. The summed E-state index contributed by atoms with van der Waals surface area (Å²) in [7, 11) is 1.63. The Morgan fingerprint density at radius 3 is 1.48 bits per heavy atom. The number of benzene rings is 1. The molecule has 352 valence electrons. The Hall–Kier alpha value is -3.50. The van der Waals surface area contributed by atoms with Crippen LogP contribution in [0.5, 0.6) is 0 Å². The molecule has 19 nitrogen and oxygen atoms in total. The first-order chi connectivity index (χ1) is 29.5. The fourth-order valence-electron chi connectivity index (χ4n) is 4.76. The maximum atomic E-state index is 13.1. The number of amides is 3. The van der Waals surface area contributed by atoms with Crippen LogP contribution < -0.4 is 16.0 Å². The summed E-state index contributed by atoms with van der Waals surface area (Å²) in [6.07, 6.45) is 0.475. The minimum atomic E-state index is -0.980. The molecule has 3 N–H and O–H groups in total. The fourth-order valence-corrected chi connectivity index (χ4v) is 4.76. The molecule has 0 aliphatic heterocycles. The SMILES string of the molecule is COCCOCCOCCOCCOCCOCCOCCOCCOCCOCC(=O)NCCCC[C@H](NC(=O)OCc1ccccc1)C(=O)N[C@@H](C)C(=O)OC(C)(C)C. The van der Waals surface area contributed by atoms with Crippen LogP contribution in [0, 0.1) is 0 Å². The van der Waals surface area contributed by atoms with E-state index in [0.29, 0.717) is 132 Å². The van der Waals surface area contributed by atoms with Gasteiger partial charge in [-0.15, -0.1) is 0 Å². The summed E-state index contributed by atoms with van der Waals surface area (Å²) < 4.78 is 64.4. The number of methoxy groups -OCH3 is 1. The van der Waals surface area contributed by atoms with Crippen molar-refractivity contribution in [1.82, 2.24) is 16.0 Å². The summed E-state index contributed by atoms with van der Waals surface area (Å²) in [5.74, 6) is -1.44. The molecule has 1 aromatic rings. The molecule has 3 amide bonds. The summed E-state index contributed by atoms with van der Waals surface area (Å²) >= 11 is 0. The molecule has 0 fully saturated rings. The van der Waals surface area contributed by atoms with Crippen LogP contribution in [0.2, 0.25) is 0 Å². The van der Waals surface area contributed by atoms with Crippen molar-refractivity contribution >= 4 is 23.9 Å². The lowest BCUT2D eigenvalue weighted by atomic mass is 10.1. The van der Waals surface area contributed by atoms with Gasteiger partial charge in [0.2, 0.25) is 11.8 Å². The van der Waals surface area contributed by atoms with Crippen molar-refractivity contribution in [1.29, 1.82) is 0 Å². The van der Waals surface area contributed by atoms with Gasteiger partial charge in [-0.1, -0.05) is 30.3 Å². The zero-order chi connectivity index (χ0) is 44.7. The highest BCUT2D eigenvalue weighted by Crippen LogP contribution is 2.09. The van der Waals surface area contributed by atoms with Gasteiger partial charge in [-0.25, -0.2) is 9.59 Å². The number of hydrogen-bond acceptors (Lipinski definition) is 16. The maximum Gasteiger partial charge on any atom is 0.408 e. The molecule has 0 unspecified atom stereocenters.